The lowest BCUT2D eigenvalue weighted by Gasteiger charge is -2.43. The smallest absolute Gasteiger partial charge is 0.411 e. The van der Waals surface area contributed by atoms with Crippen LogP contribution in [0.5, 0.6) is 23.0 Å². The molecule has 0 bridgehead atoms. The van der Waals surface area contributed by atoms with Crippen LogP contribution < -0.4 is 35.0 Å². The lowest BCUT2D eigenvalue weighted by Crippen LogP contribution is -2.64. The lowest BCUT2D eigenvalue weighted by molar-refractivity contribution is -0.282. The van der Waals surface area contributed by atoms with Gasteiger partial charge in [-0.3, -0.25) is 34.1 Å². The molecule has 4 N–H and O–H groups in total. The summed E-state index contributed by atoms with van der Waals surface area (Å²) >= 11 is 0. The Kier molecular flexibility index (Phi) is 29.4. The minimum atomic E-state index is -2.36. The summed E-state index contributed by atoms with van der Waals surface area (Å²) in [5, 5.41) is 16.9. The standard InChI is InChI=1S/C62H85BN4O24Si/c1-14-24-83-52(71)16-15-25-82-51-34-48(46(33-50(51)78-10)58(73)67-35-43(42-18-20-45(77-9)21-19-42)32-44(67)37-86-92(12,13)62(5,6)7)65-61(75)84-36-41-17-22-49(47(31-41)57(72)64-23-26-80-27-28-81-29-30-85-66-63(8)76)90-60-56(89-40(4)70)54(88-39(3)69)53(87-38(2)68)55(91-60)59(74)79-11/h14,17-22,31,33-35,44,53-56,60,66,76H,1,15-16,23-30,32,36-37H2,2-13H3,(H,64,72)(H,65,75)/t44-,53-,54-,55-,56+,60+/m0/s1. The summed E-state index contributed by atoms with van der Waals surface area (Å²) in [7, 11) is 0.744. The van der Waals surface area contributed by atoms with Crippen molar-refractivity contribution >= 4 is 74.4 Å². The van der Waals surface area contributed by atoms with E-state index in [4.69, 9.17) is 70.8 Å². The van der Waals surface area contributed by atoms with Crippen LogP contribution in [0, 0.1) is 0 Å². The number of nitrogens with one attached hydrogen (secondary N) is 3. The normalized spacial score (nSPS) is 17.8. The molecule has 0 aliphatic carbocycles. The van der Waals surface area contributed by atoms with Crippen LogP contribution in [0.4, 0.5) is 10.5 Å². The monoisotopic (exact) mass is 1310 g/mol. The number of anilines is 1. The van der Waals surface area contributed by atoms with Crippen LogP contribution in [0.25, 0.3) is 5.57 Å². The van der Waals surface area contributed by atoms with Crippen molar-refractivity contribution in [2.45, 2.75) is 129 Å². The van der Waals surface area contributed by atoms with Gasteiger partial charge in [-0.2, -0.15) is 0 Å². The quantitative estimate of drug-likeness (QED) is 0.0129. The van der Waals surface area contributed by atoms with Gasteiger partial charge in [-0.1, -0.05) is 51.6 Å². The topological polar surface area (TPSA) is 335 Å². The molecule has 1 fully saturated rings. The van der Waals surface area contributed by atoms with Crippen molar-refractivity contribution in [2.24, 2.45) is 0 Å². The van der Waals surface area contributed by atoms with E-state index in [0.29, 0.717) is 12.2 Å². The maximum atomic E-state index is 15.3. The predicted molar refractivity (Wildman–Crippen MR) is 333 cm³/mol. The summed E-state index contributed by atoms with van der Waals surface area (Å²) in [5.41, 5.74) is 1.55. The van der Waals surface area contributed by atoms with Crippen molar-refractivity contribution in [3.63, 3.8) is 0 Å². The van der Waals surface area contributed by atoms with E-state index in [-0.39, 0.29) is 117 Å². The van der Waals surface area contributed by atoms with E-state index in [9.17, 15) is 38.6 Å². The number of methoxy groups -OCH3 is 3. The first-order valence-electron chi connectivity index (χ1n) is 29.6. The van der Waals surface area contributed by atoms with Gasteiger partial charge in [-0.25, -0.2) is 15.0 Å². The number of carbonyl (C=O) groups excluding carboxylic acids is 8. The molecule has 0 radical (unpaired) electrons. The van der Waals surface area contributed by atoms with E-state index in [1.54, 1.807) is 18.2 Å². The van der Waals surface area contributed by atoms with Gasteiger partial charge in [0.2, 0.25) is 12.4 Å². The molecule has 30 heteroatoms. The summed E-state index contributed by atoms with van der Waals surface area (Å²) in [6.45, 7) is 19.0. The lowest BCUT2D eigenvalue weighted by atomic mass is 9.92. The second-order valence-electron chi connectivity index (χ2n) is 22.4. The van der Waals surface area contributed by atoms with Crippen molar-refractivity contribution in [3.05, 3.63) is 95.7 Å². The van der Waals surface area contributed by atoms with Gasteiger partial charge < -0.3 is 86.1 Å². The number of carbonyl (C=O) groups is 8. The number of rotatable bonds is 35. The average Bonchev–Trinajstić information content (AvgIpc) is 1.10. The first kappa shape index (κ1) is 74.6. The van der Waals surface area contributed by atoms with Crippen LogP contribution >= 0.6 is 0 Å². The van der Waals surface area contributed by atoms with Gasteiger partial charge in [0.05, 0.1) is 90.4 Å². The van der Waals surface area contributed by atoms with Crippen LogP contribution in [0.3, 0.4) is 0 Å². The Balaban J connectivity index is 1.50. The number of ether oxygens (including phenoxy) is 13. The Hall–Kier alpha value is -8.10. The minimum absolute atomic E-state index is 0.00634. The second-order valence-corrected chi connectivity index (χ2v) is 27.2. The van der Waals surface area contributed by atoms with Gasteiger partial charge >= 0.3 is 43.0 Å². The van der Waals surface area contributed by atoms with Crippen molar-refractivity contribution in [1.82, 2.24) is 15.6 Å². The van der Waals surface area contributed by atoms with Crippen molar-refractivity contribution in [3.8, 4) is 23.0 Å². The Morgan fingerprint density at radius 1 is 0.783 bits per heavy atom. The summed E-state index contributed by atoms with van der Waals surface area (Å²) in [6.07, 6.45) is -6.11. The van der Waals surface area contributed by atoms with Gasteiger partial charge in [0.25, 0.3) is 11.8 Å². The van der Waals surface area contributed by atoms with E-state index >= 15 is 4.79 Å². The van der Waals surface area contributed by atoms with Gasteiger partial charge in [0.1, 0.15) is 24.7 Å². The third-order valence-corrected chi connectivity index (χ3v) is 18.9. The van der Waals surface area contributed by atoms with Crippen LogP contribution in [0.2, 0.25) is 25.0 Å². The first-order chi connectivity index (χ1) is 43.7. The zero-order valence-corrected chi connectivity index (χ0v) is 55.1. The Labute approximate surface area is 536 Å². The number of amides is 3. The number of hydrogen-bond donors (Lipinski definition) is 4. The summed E-state index contributed by atoms with van der Waals surface area (Å²) in [6, 6.07) is 13.8. The van der Waals surface area contributed by atoms with Crippen molar-refractivity contribution < 1.29 is 114 Å². The summed E-state index contributed by atoms with van der Waals surface area (Å²) in [4.78, 5) is 113. The molecule has 2 aliphatic heterocycles. The van der Waals surface area contributed by atoms with Gasteiger partial charge in [-0.15, -0.1) is 0 Å². The summed E-state index contributed by atoms with van der Waals surface area (Å²) < 4.78 is 79.6. The number of esters is 5. The highest BCUT2D eigenvalue weighted by Crippen LogP contribution is 2.41. The molecular formula is C62H85BN4O24Si. The number of hydrogen-bond acceptors (Lipinski definition) is 25. The highest BCUT2D eigenvalue weighted by molar-refractivity contribution is 6.74. The Morgan fingerprint density at radius 3 is 2.08 bits per heavy atom. The third-order valence-electron chi connectivity index (χ3n) is 14.4. The van der Waals surface area contributed by atoms with Gasteiger partial charge in [0, 0.05) is 46.0 Å². The molecule has 5 rings (SSSR count). The highest BCUT2D eigenvalue weighted by Gasteiger charge is 2.56. The fraction of sp³-hybridized carbons (Fsp3) is 0.516. The largest absolute Gasteiger partial charge is 0.497 e. The predicted octanol–water partition coefficient (Wildman–Crippen LogP) is 6.08. The molecule has 2 aliphatic rings. The number of benzene rings is 3. The molecule has 3 aromatic rings. The van der Waals surface area contributed by atoms with Crippen molar-refractivity contribution in [1.29, 1.82) is 0 Å². The molecule has 28 nitrogen and oxygen atoms in total. The van der Waals surface area contributed by atoms with E-state index in [1.807, 2.05) is 24.3 Å². The van der Waals surface area contributed by atoms with Gasteiger partial charge in [0.15, 0.2) is 38.1 Å². The zero-order valence-electron chi connectivity index (χ0n) is 54.1. The molecule has 504 valence electrons. The van der Waals surface area contributed by atoms with Gasteiger partial charge in [-0.05, 0) is 84.8 Å². The SMILES string of the molecule is C=CCOC(=O)CCCOc1cc(NC(=O)OCc2ccc(O[C@@H]3O[C@H](C(=O)OC)[C@@H](OC(C)=O)[C@H](OC(C)=O)[C@H]3OC(C)=O)c(C(=O)NCCOCCOCCONB(C)O)c2)c(C(=O)N2C=C(c3ccc(OC)cc3)C[C@H]2CO[Si](C)(C)C(C)(C)C)cc1OC. The molecule has 3 aromatic carbocycles. The molecule has 92 heavy (non-hydrogen) atoms. The molecule has 0 spiro atoms. The molecule has 0 aromatic heterocycles. The molecule has 3 amide bonds. The molecule has 0 unspecified atom stereocenters. The van der Waals surface area contributed by atoms with E-state index in [1.165, 1.54) is 50.3 Å². The molecule has 6 atom stereocenters. The van der Waals surface area contributed by atoms with Crippen LogP contribution in [-0.4, -0.2) is 191 Å². The fourth-order valence-corrected chi connectivity index (χ4v) is 9.95. The van der Waals surface area contributed by atoms with E-state index in [2.05, 4.69) is 56.5 Å². The Bertz CT molecular complexity index is 3050. The first-order valence-corrected chi connectivity index (χ1v) is 32.5. The zero-order chi connectivity index (χ0) is 67.7. The molecule has 1 saturated heterocycles. The maximum Gasteiger partial charge on any atom is 0.411 e. The summed E-state index contributed by atoms with van der Waals surface area (Å²) in [5.74, 6) is -5.10. The van der Waals surface area contributed by atoms with E-state index < -0.39 is 106 Å². The second kappa shape index (κ2) is 36.2. The molecular weight excluding hydrogens is 1220 g/mol. The van der Waals surface area contributed by atoms with Crippen molar-refractivity contribution in [2.75, 3.05) is 86.0 Å². The Morgan fingerprint density at radius 2 is 1.45 bits per heavy atom. The highest BCUT2D eigenvalue weighted by atomic mass is 28.4. The fourth-order valence-electron chi connectivity index (χ4n) is 8.91. The molecule has 2 heterocycles. The van der Waals surface area contributed by atoms with Crippen LogP contribution in [0.15, 0.2) is 73.5 Å². The number of nitrogens with zero attached hydrogens (tertiary/aromatic N) is 1. The maximum absolute atomic E-state index is 15.3. The van der Waals surface area contributed by atoms with E-state index in [0.717, 1.165) is 39.0 Å². The molecule has 0 saturated carbocycles. The average molecular weight is 1310 g/mol. The van der Waals surface area contributed by atoms with Crippen LogP contribution in [-0.2, 0) is 82.5 Å². The minimum Gasteiger partial charge on any atom is -0.497 e. The van der Waals surface area contributed by atoms with Crippen LogP contribution in [0.1, 0.15) is 92.6 Å². The third kappa shape index (κ3) is 22.6.